The third-order valence-electron chi connectivity index (χ3n) is 3.04. The second kappa shape index (κ2) is 8.35. The molecule has 0 saturated carbocycles. The lowest BCUT2D eigenvalue weighted by Gasteiger charge is -2.38. The highest BCUT2D eigenvalue weighted by Crippen LogP contribution is 2.20. The van der Waals surface area contributed by atoms with E-state index in [0.29, 0.717) is 12.5 Å². The summed E-state index contributed by atoms with van der Waals surface area (Å²) in [6.07, 6.45) is 1.70. The van der Waals surface area contributed by atoms with Gasteiger partial charge < -0.3 is 15.0 Å². The lowest BCUT2D eigenvalue weighted by atomic mass is 9.90. The summed E-state index contributed by atoms with van der Waals surface area (Å²) in [5.74, 6) is 0.385. The van der Waals surface area contributed by atoms with Crippen molar-refractivity contribution in [2.24, 2.45) is 5.92 Å². The van der Waals surface area contributed by atoms with Gasteiger partial charge in [-0.15, -0.1) is 0 Å². The normalized spacial score (nSPS) is 18.8. The molecule has 1 aliphatic heterocycles. The van der Waals surface area contributed by atoms with Crippen LogP contribution >= 0.6 is 0 Å². The summed E-state index contributed by atoms with van der Waals surface area (Å²) in [5, 5.41) is 2.98. The topological polar surface area (TPSA) is 41.6 Å². The number of nitrogens with zero attached hydrogens (tertiary/aromatic N) is 1. The van der Waals surface area contributed by atoms with Gasteiger partial charge in [0.25, 0.3) is 0 Å². The maximum Gasteiger partial charge on any atom is 0.407 e. The van der Waals surface area contributed by atoms with Crippen molar-refractivity contribution in [1.29, 1.82) is 0 Å². The van der Waals surface area contributed by atoms with Crippen LogP contribution in [0.25, 0.3) is 0 Å². The van der Waals surface area contributed by atoms with Gasteiger partial charge >= 0.3 is 6.09 Å². The molecule has 1 N–H and O–H groups in total. The maximum absolute atomic E-state index is 11.6. The van der Waals surface area contributed by atoms with E-state index < -0.39 is 0 Å². The molecule has 1 fully saturated rings. The first-order valence-corrected chi connectivity index (χ1v) is 7.05. The van der Waals surface area contributed by atoms with Crippen molar-refractivity contribution in [2.45, 2.75) is 53.0 Å². The van der Waals surface area contributed by atoms with Gasteiger partial charge in [-0.3, -0.25) is 0 Å². The van der Waals surface area contributed by atoms with Crippen molar-refractivity contribution in [3.05, 3.63) is 0 Å². The van der Waals surface area contributed by atoms with Gasteiger partial charge in [0.2, 0.25) is 0 Å². The Hall–Kier alpha value is -0.770. The zero-order chi connectivity index (χ0) is 14.2. The number of carbonyl (C=O) groups excluding carboxylic acids is 1. The van der Waals surface area contributed by atoms with E-state index in [0.717, 1.165) is 25.9 Å². The minimum atomic E-state index is -0.277. The molecule has 1 amide bonds. The van der Waals surface area contributed by atoms with Crippen molar-refractivity contribution in [1.82, 2.24) is 10.2 Å². The summed E-state index contributed by atoms with van der Waals surface area (Å²) in [6, 6.07) is 0. The SMILES string of the molecule is CC.CC(C)COC(=O)NC1(C)CCN(C)CC1. The molecule has 0 unspecified atom stereocenters. The molecule has 1 aliphatic rings. The van der Waals surface area contributed by atoms with Gasteiger partial charge in [-0.05, 0) is 32.7 Å². The van der Waals surface area contributed by atoms with E-state index in [1.165, 1.54) is 0 Å². The van der Waals surface area contributed by atoms with E-state index in [2.05, 4.69) is 24.2 Å². The number of carbonyl (C=O) groups is 1. The third kappa shape index (κ3) is 6.84. The minimum Gasteiger partial charge on any atom is -0.449 e. The third-order valence-corrected chi connectivity index (χ3v) is 3.04. The smallest absolute Gasteiger partial charge is 0.407 e. The molecule has 18 heavy (non-hydrogen) atoms. The molecule has 0 aromatic carbocycles. The maximum atomic E-state index is 11.6. The highest BCUT2D eigenvalue weighted by Gasteiger charge is 2.30. The molecule has 0 spiro atoms. The van der Waals surface area contributed by atoms with E-state index in [4.69, 9.17) is 4.74 Å². The molecule has 0 atom stereocenters. The van der Waals surface area contributed by atoms with Crippen LogP contribution in [0.1, 0.15) is 47.5 Å². The van der Waals surface area contributed by atoms with Crippen LogP contribution in [0.15, 0.2) is 0 Å². The van der Waals surface area contributed by atoms with Gasteiger partial charge in [0.1, 0.15) is 0 Å². The number of amides is 1. The first-order valence-electron chi connectivity index (χ1n) is 7.05. The molecular weight excluding hydrogens is 228 g/mol. The Morgan fingerprint density at radius 3 is 2.28 bits per heavy atom. The Balaban J connectivity index is 0.00000137. The summed E-state index contributed by atoms with van der Waals surface area (Å²) in [7, 11) is 2.11. The lowest BCUT2D eigenvalue weighted by Crippen LogP contribution is -2.52. The number of likely N-dealkylation sites (tertiary alicyclic amines) is 1. The zero-order valence-electron chi connectivity index (χ0n) is 12.9. The molecule has 0 aliphatic carbocycles. The van der Waals surface area contributed by atoms with Gasteiger partial charge in [-0.2, -0.15) is 0 Å². The fraction of sp³-hybridized carbons (Fsp3) is 0.929. The van der Waals surface area contributed by atoms with Gasteiger partial charge in [-0.1, -0.05) is 27.7 Å². The van der Waals surface area contributed by atoms with Crippen LogP contribution in [0.2, 0.25) is 0 Å². The van der Waals surface area contributed by atoms with Crippen LogP contribution in [-0.4, -0.2) is 43.3 Å². The van der Waals surface area contributed by atoms with Crippen molar-refractivity contribution in [3.63, 3.8) is 0 Å². The van der Waals surface area contributed by atoms with Crippen molar-refractivity contribution < 1.29 is 9.53 Å². The number of alkyl carbamates (subject to hydrolysis) is 1. The highest BCUT2D eigenvalue weighted by molar-refractivity contribution is 5.68. The van der Waals surface area contributed by atoms with E-state index in [1.54, 1.807) is 0 Å². The Kier molecular flexibility index (Phi) is 8.00. The number of rotatable bonds is 3. The number of piperidine rings is 1. The van der Waals surface area contributed by atoms with Crippen LogP contribution < -0.4 is 5.32 Å². The van der Waals surface area contributed by atoms with Crippen molar-refractivity contribution in [2.75, 3.05) is 26.7 Å². The molecule has 0 radical (unpaired) electrons. The van der Waals surface area contributed by atoms with Gasteiger partial charge in [-0.25, -0.2) is 4.79 Å². The molecule has 0 bridgehead atoms. The summed E-state index contributed by atoms with van der Waals surface area (Å²) < 4.78 is 5.13. The molecule has 4 heteroatoms. The van der Waals surface area contributed by atoms with Crippen LogP contribution in [0.4, 0.5) is 4.79 Å². The summed E-state index contributed by atoms with van der Waals surface area (Å²) in [6.45, 7) is 12.7. The summed E-state index contributed by atoms with van der Waals surface area (Å²) >= 11 is 0. The molecule has 0 aromatic heterocycles. The van der Waals surface area contributed by atoms with Crippen LogP contribution in [0.3, 0.4) is 0 Å². The Bertz CT molecular complexity index is 234. The standard InChI is InChI=1S/C12H24N2O2.C2H6/c1-10(2)9-16-11(15)13-12(3)5-7-14(4)8-6-12;1-2/h10H,5-9H2,1-4H3,(H,13,15);1-2H3. The predicted molar refractivity (Wildman–Crippen MR) is 75.8 cm³/mol. The molecule has 4 nitrogen and oxygen atoms in total. The second-order valence-corrected chi connectivity index (χ2v) is 5.48. The summed E-state index contributed by atoms with van der Waals surface area (Å²) in [4.78, 5) is 13.8. The number of ether oxygens (including phenoxy) is 1. The fourth-order valence-corrected chi connectivity index (χ4v) is 1.76. The highest BCUT2D eigenvalue weighted by atomic mass is 16.5. The fourth-order valence-electron chi connectivity index (χ4n) is 1.76. The number of nitrogens with one attached hydrogen (secondary N) is 1. The van der Waals surface area contributed by atoms with Crippen molar-refractivity contribution >= 4 is 6.09 Å². The molecule has 1 saturated heterocycles. The van der Waals surface area contributed by atoms with E-state index >= 15 is 0 Å². The monoisotopic (exact) mass is 258 g/mol. The quantitative estimate of drug-likeness (QED) is 0.846. The van der Waals surface area contributed by atoms with Crippen LogP contribution in [0, 0.1) is 5.92 Å². The average molecular weight is 258 g/mol. The first kappa shape index (κ1) is 17.2. The first-order chi connectivity index (χ1) is 8.41. The summed E-state index contributed by atoms with van der Waals surface area (Å²) in [5.41, 5.74) is -0.0967. The molecule has 1 heterocycles. The van der Waals surface area contributed by atoms with Gasteiger partial charge in [0.15, 0.2) is 0 Å². The lowest BCUT2D eigenvalue weighted by molar-refractivity contribution is 0.107. The van der Waals surface area contributed by atoms with E-state index in [1.807, 2.05) is 27.7 Å². The van der Waals surface area contributed by atoms with E-state index in [9.17, 15) is 4.79 Å². The second-order valence-electron chi connectivity index (χ2n) is 5.48. The predicted octanol–water partition coefficient (Wildman–Crippen LogP) is 2.88. The number of hydrogen-bond acceptors (Lipinski definition) is 3. The number of hydrogen-bond donors (Lipinski definition) is 1. The average Bonchev–Trinajstić information content (AvgIpc) is 2.33. The Morgan fingerprint density at radius 2 is 1.83 bits per heavy atom. The van der Waals surface area contributed by atoms with Crippen LogP contribution in [-0.2, 0) is 4.74 Å². The molecular formula is C14H30N2O2. The molecule has 0 aromatic rings. The van der Waals surface area contributed by atoms with E-state index in [-0.39, 0.29) is 11.6 Å². The molecule has 1 rings (SSSR count). The minimum absolute atomic E-state index is 0.0967. The Morgan fingerprint density at radius 1 is 1.33 bits per heavy atom. The Labute approximate surface area is 112 Å². The van der Waals surface area contributed by atoms with Crippen LogP contribution in [0.5, 0.6) is 0 Å². The molecule has 108 valence electrons. The van der Waals surface area contributed by atoms with Gasteiger partial charge in [0.05, 0.1) is 6.61 Å². The van der Waals surface area contributed by atoms with Crippen molar-refractivity contribution in [3.8, 4) is 0 Å². The largest absolute Gasteiger partial charge is 0.449 e. The van der Waals surface area contributed by atoms with Gasteiger partial charge in [0, 0.05) is 18.6 Å². The zero-order valence-corrected chi connectivity index (χ0v) is 12.9.